The second-order valence-corrected chi connectivity index (χ2v) is 1.83. The Hall–Kier alpha value is -1.65. The molecule has 0 bridgehead atoms. The Balaban J connectivity index is 3.06. The van der Waals surface area contributed by atoms with E-state index in [1.54, 1.807) is 0 Å². The van der Waals surface area contributed by atoms with E-state index < -0.39 is 5.95 Å². The van der Waals surface area contributed by atoms with Crippen LogP contribution >= 0.6 is 0 Å². The molecule has 0 aliphatic rings. The van der Waals surface area contributed by atoms with Crippen molar-refractivity contribution in [2.75, 3.05) is 0 Å². The van der Waals surface area contributed by atoms with Gasteiger partial charge in [-0.2, -0.15) is 4.39 Å². The van der Waals surface area contributed by atoms with Crippen LogP contribution in [-0.2, 0) is 0 Å². The second-order valence-electron chi connectivity index (χ2n) is 1.83. The summed E-state index contributed by atoms with van der Waals surface area (Å²) in [5.41, 5.74) is 5.25. The zero-order valence-corrected chi connectivity index (χ0v) is 5.53. The lowest BCUT2D eigenvalue weighted by Crippen LogP contribution is -2.15. The number of oxime groups is 1. The zero-order chi connectivity index (χ0) is 8.27. The van der Waals surface area contributed by atoms with Crippen molar-refractivity contribution in [2.24, 2.45) is 10.9 Å². The van der Waals surface area contributed by atoms with Crippen LogP contribution in [0.25, 0.3) is 0 Å². The van der Waals surface area contributed by atoms with Gasteiger partial charge in [-0.15, -0.1) is 0 Å². The highest BCUT2D eigenvalue weighted by atomic mass is 19.1. The van der Waals surface area contributed by atoms with Crippen molar-refractivity contribution in [3.05, 3.63) is 29.8 Å². The summed E-state index contributed by atoms with van der Waals surface area (Å²) in [5, 5.41) is 10.8. The minimum Gasteiger partial charge on any atom is -0.409 e. The average molecular weight is 155 g/mol. The van der Waals surface area contributed by atoms with Crippen molar-refractivity contribution >= 4 is 5.84 Å². The summed E-state index contributed by atoms with van der Waals surface area (Å²) in [4.78, 5) is 3.36. The molecule has 1 aromatic heterocycles. The number of halogens is 1. The highest BCUT2D eigenvalue weighted by molar-refractivity contribution is 5.95. The quantitative estimate of drug-likeness (QED) is 0.201. The summed E-state index contributed by atoms with van der Waals surface area (Å²) in [5.74, 6) is -0.862. The lowest BCUT2D eigenvalue weighted by atomic mass is 10.3. The minimum absolute atomic E-state index is 0.118. The summed E-state index contributed by atoms with van der Waals surface area (Å²) < 4.78 is 12.4. The van der Waals surface area contributed by atoms with Crippen molar-refractivity contribution in [2.45, 2.75) is 0 Å². The standard InChI is InChI=1S/C6H6FN3O/c7-5-3-1-2-4(9-5)6(8)10-11/h1-3,11H,(H2,8,10). The first-order valence-electron chi connectivity index (χ1n) is 2.84. The molecule has 0 fully saturated rings. The summed E-state index contributed by atoms with van der Waals surface area (Å²) in [6.45, 7) is 0. The molecule has 5 heteroatoms. The first kappa shape index (κ1) is 7.46. The van der Waals surface area contributed by atoms with Crippen LogP contribution in [-0.4, -0.2) is 16.0 Å². The molecule has 1 heterocycles. The molecular formula is C6H6FN3O. The van der Waals surface area contributed by atoms with E-state index in [1.165, 1.54) is 18.2 Å². The number of amidine groups is 1. The molecule has 0 aliphatic heterocycles. The van der Waals surface area contributed by atoms with Crippen LogP contribution in [0.3, 0.4) is 0 Å². The predicted molar refractivity (Wildman–Crippen MR) is 36.7 cm³/mol. The first-order valence-corrected chi connectivity index (χ1v) is 2.84. The molecule has 0 saturated heterocycles. The highest BCUT2D eigenvalue weighted by Crippen LogP contribution is 1.96. The Morgan fingerprint density at radius 1 is 1.64 bits per heavy atom. The number of hydrogen-bond donors (Lipinski definition) is 2. The summed E-state index contributed by atoms with van der Waals surface area (Å²) in [7, 11) is 0. The molecule has 4 nitrogen and oxygen atoms in total. The average Bonchev–Trinajstić information content (AvgIpc) is 2.03. The number of nitrogens with zero attached hydrogens (tertiary/aromatic N) is 2. The molecule has 0 spiro atoms. The van der Waals surface area contributed by atoms with E-state index in [0.29, 0.717) is 0 Å². The number of hydrogen-bond acceptors (Lipinski definition) is 3. The fraction of sp³-hybridized carbons (Fsp3) is 0. The molecule has 0 aromatic carbocycles. The molecule has 58 valence electrons. The van der Waals surface area contributed by atoms with Crippen molar-refractivity contribution < 1.29 is 9.60 Å². The van der Waals surface area contributed by atoms with Gasteiger partial charge >= 0.3 is 0 Å². The largest absolute Gasteiger partial charge is 0.409 e. The summed E-state index contributed by atoms with van der Waals surface area (Å²) in [6, 6.07) is 4.04. The molecule has 1 aromatic rings. The normalized spacial score (nSPS) is 11.5. The lowest BCUT2D eigenvalue weighted by molar-refractivity contribution is 0.318. The van der Waals surface area contributed by atoms with Crippen molar-refractivity contribution in [1.82, 2.24) is 4.98 Å². The topological polar surface area (TPSA) is 71.5 Å². The third-order valence-electron chi connectivity index (χ3n) is 1.09. The molecule has 0 saturated carbocycles. The Bertz CT molecular complexity index is 287. The number of rotatable bonds is 1. The molecule has 0 amide bonds. The van der Waals surface area contributed by atoms with E-state index in [4.69, 9.17) is 10.9 Å². The van der Waals surface area contributed by atoms with Crippen molar-refractivity contribution in [3.8, 4) is 0 Å². The van der Waals surface area contributed by atoms with E-state index in [0.717, 1.165) is 0 Å². The molecule has 3 N–H and O–H groups in total. The highest BCUT2D eigenvalue weighted by Gasteiger charge is 2.00. The first-order chi connectivity index (χ1) is 5.24. The number of pyridine rings is 1. The van der Waals surface area contributed by atoms with Crippen LogP contribution in [0.2, 0.25) is 0 Å². The van der Waals surface area contributed by atoms with Crippen LogP contribution in [0.15, 0.2) is 23.4 Å². The van der Waals surface area contributed by atoms with Crippen LogP contribution < -0.4 is 5.73 Å². The van der Waals surface area contributed by atoms with Gasteiger partial charge in [-0.25, -0.2) is 4.98 Å². The van der Waals surface area contributed by atoms with Gasteiger partial charge in [0.15, 0.2) is 5.84 Å². The fourth-order valence-electron chi connectivity index (χ4n) is 0.602. The molecule has 0 aliphatic carbocycles. The number of nitrogens with two attached hydrogens (primary N) is 1. The molecule has 11 heavy (non-hydrogen) atoms. The molecule has 0 radical (unpaired) electrons. The minimum atomic E-state index is -0.658. The van der Waals surface area contributed by atoms with E-state index in [2.05, 4.69) is 10.1 Å². The Morgan fingerprint density at radius 2 is 2.36 bits per heavy atom. The van der Waals surface area contributed by atoms with E-state index in [1.807, 2.05) is 0 Å². The third-order valence-corrected chi connectivity index (χ3v) is 1.09. The molecular weight excluding hydrogens is 149 g/mol. The van der Waals surface area contributed by atoms with Crippen LogP contribution in [0.1, 0.15) is 5.69 Å². The summed E-state index contributed by atoms with van der Waals surface area (Å²) >= 11 is 0. The lowest BCUT2D eigenvalue weighted by Gasteiger charge is -1.95. The Labute approximate surface area is 62.2 Å². The summed E-state index contributed by atoms with van der Waals surface area (Å²) in [6.07, 6.45) is 0. The van der Waals surface area contributed by atoms with Gasteiger partial charge in [0, 0.05) is 0 Å². The van der Waals surface area contributed by atoms with Gasteiger partial charge < -0.3 is 10.9 Å². The van der Waals surface area contributed by atoms with Crippen molar-refractivity contribution in [1.29, 1.82) is 0 Å². The van der Waals surface area contributed by atoms with Gasteiger partial charge in [0.25, 0.3) is 0 Å². The molecule has 0 unspecified atom stereocenters. The Kier molecular flexibility index (Phi) is 2.00. The van der Waals surface area contributed by atoms with Crippen LogP contribution in [0, 0.1) is 5.95 Å². The smallest absolute Gasteiger partial charge is 0.213 e. The van der Waals surface area contributed by atoms with Gasteiger partial charge in [-0.05, 0) is 12.1 Å². The molecule has 1 rings (SSSR count). The van der Waals surface area contributed by atoms with Gasteiger partial charge in [-0.1, -0.05) is 11.2 Å². The maximum Gasteiger partial charge on any atom is 0.213 e. The zero-order valence-electron chi connectivity index (χ0n) is 5.53. The van der Waals surface area contributed by atoms with E-state index in [-0.39, 0.29) is 11.5 Å². The van der Waals surface area contributed by atoms with E-state index >= 15 is 0 Å². The number of aromatic nitrogens is 1. The van der Waals surface area contributed by atoms with Gasteiger partial charge in [0.2, 0.25) is 5.95 Å². The maximum absolute atomic E-state index is 12.4. The third kappa shape index (κ3) is 1.64. The van der Waals surface area contributed by atoms with Crippen LogP contribution in [0.5, 0.6) is 0 Å². The van der Waals surface area contributed by atoms with Crippen LogP contribution in [0.4, 0.5) is 4.39 Å². The SMILES string of the molecule is NC(=NO)c1cccc(F)n1. The van der Waals surface area contributed by atoms with Gasteiger partial charge in [0.1, 0.15) is 5.69 Å². The fourth-order valence-corrected chi connectivity index (χ4v) is 0.602. The Morgan fingerprint density at radius 3 is 2.91 bits per heavy atom. The maximum atomic E-state index is 12.4. The molecule has 0 atom stereocenters. The van der Waals surface area contributed by atoms with Crippen molar-refractivity contribution in [3.63, 3.8) is 0 Å². The predicted octanol–water partition coefficient (Wildman–Crippen LogP) is 0.315. The van der Waals surface area contributed by atoms with Gasteiger partial charge in [-0.3, -0.25) is 0 Å². The van der Waals surface area contributed by atoms with E-state index in [9.17, 15) is 4.39 Å². The van der Waals surface area contributed by atoms with Gasteiger partial charge in [0.05, 0.1) is 0 Å². The second kappa shape index (κ2) is 2.96. The monoisotopic (exact) mass is 155 g/mol.